The maximum absolute atomic E-state index is 14.1. The Labute approximate surface area is 180 Å². The number of hydrogen-bond donors (Lipinski definition) is 1. The molecule has 0 saturated carbocycles. The van der Waals surface area contributed by atoms with Gasteiger partial charge < -0.3 is 24.6 Å². The molecule has 0 radical (unpaired) electrons. The van der Waals surface area contributed by atoms with Crippen LogP contribution in [0.4, 0.5) is 21.5 Å². The van der Waals surface area contributed by atoms with Crippen LogP contribution in [0.3, 0.4) is 0 Å². The molecule has 0 bridgehead atoms. The van der Waals surface area contributed by atoms with Crippen LogP contribution in [-0.2, 0) is 20.7 Å². The van der Waals surface area contributed by atoms with Gasteiger partial charge in [0.15, 0.2) is 0 Å². The number of morpholine rings is 2. The Balaban J connectivity index is 1.57. The van der Waals surface area contributed by atoms with Crippen molar-refractivity contribution < 1.29 is 18.7 Å². The third kappa shape index (κ3) is 4.86. The summed E-state index contributed by atoms with van der Waals surface area (Å²) in [6.45, 7) is 5.84. The van der Waals surface area contributed by atoms with Gasteiger partial charge in [0.05, 0.1) is 44.2 Å². The van der Waals surface area contributed by atoms with Crippen molar-refractivity contribution in [3.8, 4) is 0 Å². The van der Waals surface area contributed by atoms with Gasteiger partial charge in [-0.15, -0.1) is 0 Å². The fourth-order valence-corrected chi connectivity index (χ4v) is 4.00. The Kier molecular flexibility index (Phi) is 6.72. The van der Waals surface area contributed by atoms with Gasteiger partial charge in [0.1, 0.15) is 5.82 Å². The Morgan fingerprint density at radius 2 is 1.67 bits per heavy atom. The van der Waals surface area contributed by atoms with E-state index < -0.39 is 5.82 Å². The van der Waals surface area contributed by atoms with Crippen molar-refractivity contribution >= 4 is 34.6 Å². The number of nitrogens with one attached hydrogen (secondary N) is 1. The van der Waals surface area contributed by atoms with Crippen LogP contribution in [0, 0.1) is 5.82 Å². The van der Waals surface area contributed by atoms with Crippen molar-refractivity contribution in [1.29, 1.82) is 0 Å². The van der Waals surface area contributed by atoms with E-state index in [0.717, 1.165) is 37.6 Å². The third-order valence-electron chi connectivity index (χ3n) is 5.38. The molecule has 2 aromatic carbocycles. The monoisotopic (exact) mass is 433 g/mol. The van der Waals surface area contributed by atoms with Gasteiger partial charge in [0.25, 0.3) is 0 Å². The van der Waals surface area contributed by atoms with E-state index in [9.17, 15) is 9.18 Å². The first-order valence-electron chi connectivity index (χ1n) is 10.1. The normalized spacial score (nSPS) is 17.1. The third-order valence-corrected chi connectivity index (χ3v) is 5.74. The summed E-state index contributed by atoms with van der Waals surface area (Å²) in [5, 5.41) is 3.20. The van der Waals surface area contributed by atoms with E-state index in [1.807, 2.05) is 12.1 Å². The first-order valence-corrected chi connectivity index (χ1v) is 10.5. The highest BCUT2D eigenvalue weighted by molar-refractivity contribution is 6.31. The maximum Gasteiger partial charge on any atom is 0.229 e. The molecule has 4 rings (SSSR count). The molecule has 0 aromatic heterocycles. The van der Waals surface area contributed by atoms with Crippen molar-refractivity contribution in [3.63, 3.8) is 0 Å². The van der Waals surface area contributed by atoms with Crippen molar-refractivity contribution in [2.75, 3.05) is 67.7 Å². The number of benzene rings is 2. The number of rotatable bonds is 5. The lowest BCUT2D eigenvalue weighted by atomic mass is 10.1. The number of anilines is 3. The van der Waals surface area contributed by atoms with Gasteiger partial charge in [-0.05, 0) is 30.3 Å². The molecule has 8 heteroatoms. The van der Waals surface area contributed by atoms with Crippen LogP contribution >= 0.6 is 11.6 Å². The highest BCUT2D eigenvalue weighted by Crippen LogP contribution is 2.32. The van der Waals surface area contributed by atoms with E-state index in [1.165, 1.54) is 12.1 Å². The molecule has 2 saturated heterocycles. The topological polar surface area (TPSA) is 54.0 Å². The minimum absolute atomic E-state index is 0.126. The molecule has 1 N–H and O–H groups in total. The molecule has 2 fully saturated rings. The van der Waals surface area contributed by atoms with Gasteiger partial charge in [-0.2, -0.15) is 0 Å². The van der Waals surface area contributed by atoms with Gasteiger partial charge in [-0.25, -0.2) is 4.39 Å². The SMILES string of the molecule is O=C(Cc1c(F)cccc1Cl)Nc1ccc(N2CCOCC2)cc1N1CCOCC1. The fraction of sp³-hybridized carbons (Fsp3) is 0.409. The van der Waals surface area contributed by atoms with Gasteiger partial charge in [-0.3, -0.25) is 4.79 Å². The predicted octanol–water partition coefficient (Wildman–Crippen LogP) is 3.33. The second-order valence-corrected chi connectivity index (χ2v) is 7.73. The first kappa shape index (κ1) is 20.9. The average molecular weight is 434 g/mol. The summed E-state index contributed by atoms with van der Waals surface area (Å²) in [6.07, 6.45) is -0.126. The zero-order valence-corrected chi connectivity index (χ0v) is 17.5. The molecule has 0 aliphatic carbocycles. The summed E-state index contributed by atoms with van der Waals surface area (Å²) in [6, 6.07) is 10.4. The second kappa shape index (κ2) is 9.64. The van der Waals surface area contributed by atoms with E-state index in [1.54, 1.807) is 6.07 Å². The van der Waals surface area contributed by atoms with Crippen LogP contribution in [0.15, 0.2) is 36.4 Å². The number of nitrogens with zero attached hydrogens (tertiary/aromatic N) is 2. The lowest BCUT2D eigenvalue weighted by Crippen LogP contribution is -2.38. The Morgan fingerprint density at radius 3 is 2.33 bits per heavy atom. The second-order valence-electron chi connectivity index (χ2n) is 7.33. The molecule has 2 aromatic rings. The van der Waals surface area contributed by atoms with Crippen LogP contribution in [0.2, 0.25) is 5.02 Å². The molecule has 0 atom stereocenters. The van der Waals surface area contributed by atoms with Crippen LogP contribution in [0.25, 0.3) is 0 Å². The summed E-state index contributed by atoms with van der Waals surface area (Å²) in [5.74, 6) is -0.788. The van der Waals surface area contributed by atoms with Crippen molar-refractivity contribution in [2.24, 2.45) is 0 Å². The highest BCUT2D eigenvalue weighted by Gasteiger charge is 2.20. The fourth-order valence-electron chi connectivity index (χ4n) is 3.77. The summed E-state index contributed by atoms with van der Waals surface area (Å²) in [4.78, 5) is 17.2. The molecule has 1 amide bonds. The smallest absolute Gasteiger partial charge is 0.229 e. The summed E-state index contributed by atoms with van der Waals surface area (Å²) >= 11 is 6.08. The minimum atomic E-state index is -0.478. The summed E-state index contributed by atoms with van der Waals surface area (Å²) in [5.41, 5.74) is 2.94. The standard InChI is InChI=1S/C22H25ClFN3O3/c23-18-2-1-3-19(24)17(18)15-22(28)25-20-5-4-16(26-6-10-29-11-7-26)14-21(20)27-8-12-30-13-9-27/h1-5,14H,6-13,15H2,(H,25,28). The lowest BCUT2D eigenvalue weighted by molar-refractivity contribution is -0.115. The van der Waals surface area contributed by atoms with Gasteiger partial charge in [-0.1, -0.05) is 17.7 Å². The van der Waals surface area contributed by atoms with Crippen LogP contribution in [0.5, 0.6) is 0 Å². The van der Waals surface area contributed by atoms with Crippen molar-refractivity contribution in [2.45, 2.75) is 6.42 Å². The quantitative estimate of drug-likeness (QED) is 0.783. The lowest BCUT2D eigenvalue weighted by Gasteiger charge is -2.33. The molecule has 2 aliphatic heterocycles. The summed E-state index contributed by atoms with van der Waals surface area (Å²) in [7, 11) is 0. The number of carbonyl (C=O) groups is 1. The number of hydrogen-bond acceptors (Lipinski definition) is 5. The predicted molar refractivity (Wildman–Crippen MR) is 116 cm³/mol. The number of ether oxygens (including phenoxy) is 2. The molecule has 6 nitrogen and oxygen atoms in total. The molecular weight excluding hydrogens is 409 g/mol. The zero-order valence-electron chi connectivity index (χ0n) is 16.7. The molecule has 160 valence electrons. The molecule has 0 spiro atoms. The molecule has 30 heavy (non-hydrogen) atoms. The number of amides is 1. The molecule has 2 heterocycles. The zero-order chi connectivity index (χ0) is 20.9. The largest absolute Gasteiger partial charge is 0.378 e. The minimum Gasteiger partial charge on any atom is -0.378 e. The Hall–Kier alpha value is -2.35. The van der Waals surface area contributed by atoms with E-state index >= 15 is 0 Å². The summed E-state index contributed by atoms with van der Waals surface area (Å²) < 4.78 is 25.0. The number of carbonyl (C=O) groups excluding carboxylic acids is 1. The molecule has 2 aliphatic rings. The van der Waals surface area contributed by atoms with Crippen molar-refractivity contribution in [1.82, 2.24) is 0 Å². The van der Waals surface area contributed by atoms with E-state index in [2.05, 4.69) is 21.2 Å². The Bertz CT molecular complexity index is 879. The van der Waals surface area contributed by atoms with E-state index in [-0.39, 0.29) is 22.9 Å². The molecular formula is C22H25ClFN3O3. The van der Waals surface area contributed by atoms with Crippen LogP contribution < -0.4 is 15.1 Å². The van der Waals surface area contributed by atoms with Gasteiger partial charge in [0.2, 0.25) is 5.91 Å². The van der Waals surface area contributed by atoms with Crippen LogP contribution in [-0.4, -0.2) is 58.5 Å². The van der Waals surface area contributed by atoms with Crippen molar-refractivity contribution in [3.05, 3.63) is 52.8 Å². The highest BCUT2D eigenvalue weighted by atomic mass is 35.5. The number of halogens is 2. The van der Waals surface area contributed by atoms with Gasteiger partial charge >= 0.3 is 0 Å². The van der Waals surface area contributed by atoms with Crippen LogP contribution in [0.1, 0.15) is 5.56 Å². The Morgan fingerprint density at radius 1 is 1.00 bits per heavy atom. The van der Waals surface area contributed by atoms with E-state index in [4.69, 9.17) is 21.1 Å². The van der Waals surface area contributed by atoms with Gasteiger partial charge in [0, 0.05) is 42.5 Å². The van der Waals surface area contributed by atoms with E-state index in [0.29, 0.717) is 32.1 Å². The average Bonchev–Trinajstić information content (AvgIpc) is 2.78. The molecule has 0 unspecified atom stereocenters. The first-order chi connectivity index (χ1) is 14.6. The maximum atomic E-state index is 14.1.